The van der Waals surface area contributed by atoms with Gasteiger partial charge in [0.25, 0.3) is 5.60 Å². The molecule has 1 unspecified atom stereocenters. The van der Waals surface area contributed by atoms with E-state index >= 15 is 0 Å². The van der Waals surface area contributed by atoms with Gasteiger partial charge in [0.15, 0.2) is 0 Å². The van der Waals surface area contributed by atoms with Gasteiger partial charge in [0.05, 0.1) is 26.8 Å². The number of benzene rings is 4. The largest absolute Gasteiger partial charge is 0.435 e. The quantitative estimate of drug-likeness (QED) is 0.217. The van der Waals surface area contributed by atoms with Crippen molar-refractivity contribution in [1.82, 2.24) is 4.90 Å². The maximum atomic E-state index is 14.4. The Hall–Kier alpha value is -3.07. The molecule has 0 bridgehead atoms. The molecule has 1 fully saturated rings. The van der Waals surface area contributed by atoms with Crippen LogP contribution in [0.25, 0.3) is 0 Å². The minimum Gasteiger partial charge on any atom is -0.382 e. The molecule has 2 aliphatic heterocycles. The van der Waals surface area contributed by atoms with Crippen LogP contribution in [-0.2, 0) is 16.0 Å². The zero-order valence-electron chi connectivity index (χ0n) is 22.0. The Morgan fingerprint density at radius 1 is 0.786 bits per heavy atom. The first kappa shape index (κ1) is 29.0. The Balaban J connectivity index is 1.21. The first-order valence-electron chi connectivity index (χ1n) is 13.1. The van der Waals surface area contributed by atoms with Gasteiger partial charge in [0.1, 0.15) is 5.60 Å². The Morgan fingerprint density at radius 2 is 1.31 bits per heavy atom. The summed E-state index contributed by atoms with van der Waals surface area (Å²) in [6.07, 6.45) is -5.41. The first-order valence-corrected chi connectivity index (χ1v) is 14.3. The third-order valence-electron chi connectivity index (χ3n) is 7.92. The van der Waals surface area contributed by atoms with Crippen molar-refractivity contribution in [2.24, 2.45) is 5.16 Å². The fourth-order valence-corrected chi connectivity index (χ4v) is 6.29. The van der Waals surface area contributed by atoms with Crippen LogP contribution in [0.1, 0.15) is 40.3 Å². The average Bonchev–Trinajstić information content (AvgIpc) is 3.43. The van der Waals surface area contributed by atoms with E-state index in [9.17, 15) is 18.3 Å². The highest BCUT2D eigenvalue weighted by Gasteiger charge is 2.62. The van der Waals surface area contributed by atoms with Crippen molar-refractivity contribution in [2.75, 3.05) is 13.1 Å². The van der Waals surface area contributed by atoms with E-state index in [-0.39, 0.29) is 32.4 Å². The lowest BCUT2D eigenvalue weighted by Gasteiger charge is -2.50. The van der Waals surface area contributed by atoms with E-state index in [1.54, 1.807) is 24.3 Å². The molecule has 0 aromatic heterocycles. The maximum Gasteiger partial charge on any atom is 0.435 e. The van der Waals surface area contributed by atoms with Gasteiger partial charge in [-0.05, 0) is 34.4 Å². The molecule has 1 N–H and O–H groups in total. The Bertz CT molecular complexity index is 1560. The van der Waals surface area contributed by atoms with Gasteiger partial charge in [-0.3, -0.25) is 4.90 Å². The van der Waals surface area contributed by atoms with Crippen LogP contribution in [0.4, 0.5) is 13.2 Å². The molecule has 1 saturated heterocycles. The van der Waals surface area contributed by atoms with Crippen molar-refractivity contribution in [3.63, 3.8) is 0 Å². The number of hydrogen-bond acceptors (Lipinski definition) is 4. The third-order valence-corrected chi connectivity index (χ3v) is 9.11. The van der Waals surface area contributed by atoms with Gasteiger partial charge in [-0.1, -0.05) is 125 Å². The number of alkyl halides is 3. The molecule has 4 aromatic rings. The summed E-state index contributed by atoms with van der Waals surface area (Å²) in [6.45, 7) is 0.778. The number of β-amino-alcohol motifs (C(OH)–C–C–N with tert-alkyl or cyclic N) is 1. The molecule has 4 aromatic carbocycles. The molecule has 42 heavy (non-hydrogen) atoms. The molecule has 216 valence electrons. The van der Waals surface area contributed by atoms with E-state index in [1.165, 1.54) is 0 Å². The highest BCUT2D eigenvalue weighted by Crippen LogP contribution is 2.51. The highest BCUT2D eigenvalue weighted by molar-refractivity contribution is 6.48. The highest BCUT2D eigenvalue weighted by atomic mass is 35.5. The second kappa shape index (κ2) is 10.9. The number of rotatable bonds is 6. The number of oxime groups is 1. The summed E-state index contributed by atoms with van der Waals surface area (Å²) < 4.78 is 43.3. The Labute approximate surface area is 255 Å². The summed E-state index contributed by atoms with van der Waals surface area (Å²) in [6, 6.07) is 29.1. The Kier molecular flexibility index (Phi) is 7.52. The van der Waals surface area contributed by atoms with E-state index in [0.717, 1.165) is 23.3 Å². The minimum absolute atomic E-state index is 0.0256. The van der Waals surface area contributed by atoms with Crippen molar-refractivity contribution >= 4 is 40.5 Å². The van der Waals surface area contributed by atoms with Crippen LogP contribution in [-0.4, -0.2) is 35.0 Å². The topological polar surface area (TPSA) is 45.1 Å². The molecule has 6 rings (SSSR count). The minimum atomic E-state index is -4.82. The second-order valence-electron chi connectivity index (χ2n) is 10.6. The number of nitrogens with zero attached hydrogens (tertiary/aromatic N) is 2. The third kappa shape index (κ3) is 5.07. The monoisotopic (exact) mass is 630 g/mol. The van der Waals surface area contributed by atoms with Crippen LogP contribution < -0.4 is 0 Å². The zero-order chi connectivity index (χ0) is 29.7. The fourth-order valence-electron chi connectivity index (χ4n) is 5.70. The maximum absolute atomic E-state index is 14.4. The molecule has 0 aliphatic carbocycles. The van der Waals surface area contributed by atoms with E-state index in [2.05, 4.69) is 34.3 Å². The predicted octanol–water partition coefficient (Wildman–Crippen LogP) is 8.52. The summed E-state index contributed by atoms with van der Waals surface area (Å²) in [5, 5.41) is 15.0. The van der Waals surface area contributed by atoms with E-state index in [0.29, 0.717) is 24.2 Å². The molecular formula is C32H24Cl3F3N2O2. The van der Waals surface area contributed by atoms with Gasteiger partial charge in [-0.25, -0.2) is 0 Å². The van der Waals surface area contributed by atoms with Gasteiger partial charge < -0.3 is 9.94 Å². The van der Waals surface area contributed by atoms with E-state index in [4.69, 9.17) is 39.6 Å². The van der Waals surface area contributed by atoms with Crippen molar-refractivity contribution in [3.05, 3.63) is 140 Å². The number of hydrogen-bond donors (Lipinski definition) is 1. The Morgan fingerprint density at radius 3 is 1.81 bits per heavy atom. The molecular weight excluding hydrogens is 608 g/mol. The summed E-state index contributed by atoms with van der Waals surface area (Å²) in [5.41, 5.74) is -0.705. The normalized spacial score (nSPS) is 20.2. The number of halogens is 6. The SMILES string of the molecule is OC1(c2ccc(C3=NOC(c4cc(Cl)c(Cl)c(Cl)c4)(C(F)(F)F)C3)cc2)CN(C(c2ccccc2)c2ccccc2)C1. The second-order valence-corrected chi connectivity index (χ2v) is 11.8. The average molecular weight is 632 g/mol. The molecule has 0 amide bonds. The summed E-state index contributed by atoms with van der Waals surface area (Å²) >= 11 is 18.0. The lowest BCUT2D eigenvalue weighted by atomic mass is 9.81. The van der Waals surface area contributed by atoms with E-state index < -0.39 is 23.8 Å². The molecule has 2 heterocycles. The van der Waals surface area contributed by atoms with Crippen LogP contribution in [0.15, 0.2) is 102 Å². The molecule has 4 nitrogen and oxygen atoms in total. The fraction of sp³-hybridized carbons (Fsp3) is 0.219. The molecule has 2 aliphatic rings. The van der Waals surface area contributed by atoms with Gasteiger partial charge in [0, 0.05) is 25.1 Å². The van der Waals surface area contributed by atoms with Gasteiger partial charge in [-0.15, -0.1) is 0 Å². The van der Waals surface area contributed by atoms with Crippen LogP contribution in [0.3, 0.4) is 0 Å². The first-order chi connectivity index (χ1) is 20.0. The van der Waals surface area contributed by atoms with Crippen LogP contribution in [0, 0.1) is 0 Å². The van der Waals surface area contributed by atoms with Crippen molar-refractivity contribution in [2.45, 2.75) is 29.8 Å². The standard InChI is InChI=1S/C32H24Cl3F3N2O2/c33-25-15-24(16-26(34)28(25)35)31(32(36,37)38)17-27(39-42-31)20-11-13-23(14-12-20)30(41)18-40(19-30)29(21-7-3-1-4-8-21)22-9-5-2-6-10-22/h1-16,29,41H,17-19H2. The van der Waals surface area contributed by atoms with Gasteiger partial charge >= 0.3 is 6.18 Å². The molecule has 10 heteroatoms. The van der Waals surface area contributed by atoms with Crippen molar-refractivity contribution in [3.8, 4) is 0 Å². The van der Waals surface area contributed by atoms with Gasteiger partial charge in [0.2, 0.25) is 0 Å². The summed E-state index contributed by atoms with van der Waals surface area (Å²) in [4.78, 5) is 7.31. The van der Waals surface area contributed by atoms with Crippen LogP contribution in [0.5, 0.6) is 0 Å². The molecule has 0 saturated carbocycles. The smallest absolute Gasteiger partial charge is 0.382 e. The summed E-state index contributed by atoms with van der Waals surface area (Å²) in [5.74, 6) is 0. The van der Waals surface area contributed by atoms with E-state index in [1.807, 2.05) is 36.4 Å². The molecule has 0 spiro atoms. The molecule has 1 atom stereocenters. The predicted molar refractivity (Wildman–Crippen MR) is 158 cm³/mol. The lowest BCUT2D eigenvalue weighted by Crippen LogP contribution is -2.60. The van der Waals surface area contributed by atoms with Crippen molar-refractivity contribution < 1.29 is 23.1 Å². The lowest BCUT2D eigenvalue weighted by molar-refractivity contribution is -0.275. The molecule has 0 radical (unpaired) electrons. The van der Waals surface area contributed by atoms with Crippen LogP contribution >= 0.6 is 34.8 Å². The number of likely N-dealkylation sites (tertiary alicyclic amines) is 1. The zero-order valence-corrected chi connectivity index (χ0v) is 24.2. The van der Waals surface area contributed by atoms with Crippen LogP contribution in [0.2, 0.25) is 15.1 Å². The number of aliphatic hydroxyl groups is 1. The summed E-state index contributed by atoms with van der Waals surface area (Å²) in [7, 11) is 0. The van der Waals surface area contributed by atoms with Gasteiger partial charge in [-0.2, -0.15) is 13.2 Å². The van der Waals surface area contributed by atoms with Crippen molar-refractivity contribution in [1.29, 1.82) is 0 Å².